The lowest BCUT2D eigenvalue weighted by Crippen LogP contribution is -2.43. The summed E-state index contributed by atoms with van der Waals surface area (Å²) in [5, 5.41) is 0. The van der Waals surface area contributed by atoms with E-state index < -0.39 is 11.2 Å². The number of hydrogen-bond donors (Lipinski definition) is 2. The summed E-state index contributed by atoms with van der Waals surface area (Å²) in [6, 6.07) is 26.4. The lowest BCUT2D eigenvalue weighted by molar-refractivity contribution is -0.117. The van der Waals surface area contributed by atoms with Crippen molar-refractivity contribution in [3.8, 4) is 5.75 Å². The van der Waals surface area contributed by atoms with E-state index in [1.165, 1.54) is 16.5 Å². The molecule has 1 aromatic heterocycles. The van der Waals surface area contributed by atoms with Crippen molar-refractivity contribution in [2.75, 3.05) is 36.2 Å². The third kappa shape index (κ3) is 5.90. The van der Waals surface area contributed by atoms with Crippen LogP contribution in [-0.4, -0.2) is 36.2 Å². The average molecular weight is 500 g/mol. The summed E-state index contributed by atoms with van der Waals surface area (Å²) < 4.78 is 6.51. The molecule has 4 aromatic rings. The summed E-state index contributed by atoms with van der Waals surface area (Å²) in [5.41, 5.74) is 7.51. The van der Waals surface area contributed by atoms with Crippen LogP contribution in [0.2, 0.25) is 0 Å². The molecule has 0 atom stereocenters. The summed E-state index contributed by atoms with van der Waals surface area (Å²) >= 11 is 0. The van der Waals surface area contributed by atoms with Gasteiger partial charge in [0.25, 0.3) is 5.56 Å². The van der Waals surface area contributed by atoms with Gasteiger partial charge in [0.2, 0.25) is 5.91 Å². The van der Waals surface area contributed by atoms with Gasteiger partial charge in [0.05, 0.1) is 20.2 Å². The van der Waals surface area contributed by atoms with Crippen LogP contribution in [0.5, 0.6) is 5.75 Å². The number of nitrogen functional groups attached to an aromatic ring is 1. The topological polar surface area (TPSA) is 114 Å². The van der Waals surface area contributed by atoms with Crippen molar-refractivity contribution in [1.29, 1.82) is 0 Å². The number of anilines is 3. The SMILES string of the molecule is COc1ccc(N(CC(=O)N(C)c2c(N)n(Cc3ccccc3)c(=O)[nH]c2=O)Cc2ccccc2)cc1. The fourth-order valence-corrected chi connectivity index (χ4v) is 4.05. The second kappa shape index (κ2) is 11.3. The van der Waals surface area contributed by atoms with Crippen molar-refractivity contribution in [2.24, 2.45) is 0 Å². The second-order valence-corrected chi connectivity index (χ2v) is 8.56. The molecule has 1 heterocycles. The van der Waals surface area contributed by atoms with Crippen LogP contribution in [0.1, 0.15) is 11.1 Å². The highest BCUT2D eigenvalue weighted by Crippen LogP contribution is 2.23. The van der Waals surface area contributed by atoms with E-state index in [1.54, 1.807) is 7.11 Å². The second-order valence-electron chi connectivity index (χ2n) is 8.56. The van der Waals surface area contributed by atoms with E-state index in [0.717, 1.165) is 16.8 Å². The van der Waals surface area contributed by atoms with Crippen molar-refractivity contribution < 1.29 is 9.53 Å². The summed E-state index contributed by atoms with van der Waals surface area (Å²) in [6.45, 7) is 0.587. The van der Waals surface area contributed by atoms with Crippen LogP contribution in [0.25, 0.3) is 0 Å². The van der Waals surface area contributed by atoms with Gasteiger partial charge in [-0.2, -0.15) is 0 Å². The largest absolute Gasteiger partial charge is 0.497 e. The van der Waals surface area contributed by atoms with Crippen molar-refractivity contribution in [2.45, 2.75) is 13.1 Å². The van der Waals surface area contributed by atoms with E-state index in [0.29, 0.717) is 12.3 Å². The zero-order valence-electron chi connectivity index (χ0n) is 20.8. The molecular formula is C28H29N5O4. The van der Waals surface area contributed by atoms with E-state index in [2.05, 4.69) is 4.98 Å². The van der Waals surface area contributed by atoms with Gasteiger partial charge in [-0.25, -0.2) is 4.79 Å². The number of carbonyl (C=O) groups is 1. The molecule has 9 heteroatoms. The molecule has 0 bridgehead atoms. The van der Waals surface area contributed by atoms with E-state index in [-0.39, 0.29) is 30.5 Å². The number of ether oxygens (including phenoxy) is 1. The molecule has 0 saturated heterocycles. The predicted molar refractivity (Wildman–Crippen MR) is 145 cm³/mol. The van der Waals surface area contributed by atoms with Crippen LogP contribution in [-0.2, 0) is 17.9 Å². The molecule has 37 heavy (non-hydrogen) atoms. The van der Waals surface area contributed by atoms with E-state index >= 15 is 0 Å². The van der Waals surface area contributed by atoms with Crippen LogP contribution < -0.4 is 31.5 Å². The quantitative estimate of drug-likeness (QED) is 0.366. The monoisotopic (exact) mass is 499 g/mol. The van der Waals surface area contributed by atoms with E-state index in [4.69, 9.17) is 10.5 Å². The number of nitrogens with one attached hydrogen (secondary N) is 1. The van der Waals surface area contributed by atoms with Gasteiger partial charge in [0.15, 0.2) is 5.69 Å². The zero-order chi connectivity index (χ0) is 26.4. The Bertz CT molecular complexity index is 1460. The minimum absolute atomic E-state index is 0.0333. The molecule has 0 aliphatic heterocycles. The minimum atomic E-state index is -0.721. The maximum absolute atomic E-state index is 13.5. The maximum atomic E-state index is 13.5. The number of aromatic nitrogens is 2. The lowest BCUT2D eigenvalue weighted by atomic mass is 10.2. The normalized spacial score (nSPS) is 10.6. The lowest BCUT2D eigenvalue weighted by Gasteiger charge is -2.28. The summed E-state index contributed by atoms with van der Waals surface area (Å²) in [4.78, 5) is 44.2. The van der Waals surface area contributed by atoms with Crippen LogP contribution in [0, 0.1) is 0 Å². The molecule has 9 nitrogen and oxygen atoms in total. The highest BCUT2D eigenvalue weighted by Gasteiger charge is 2.23. The number of H-pyrrole nitrogens is 1. The molecule has 190 valence electrons. The number of aromatic amines is 1. The Morgan fingerprint density at radius 1 is 0.919 bits per heavy atom. The van der Waals surface area contributed by atoms with E-state index in [9.17, 15) is 14.4 Å². The molecule has 0 unspecified atom stereocenters. The van der Waals surface area contributed by atoms with Gasteiger partial charge in [0.1, 0.15) is 11.6 Å². The zero-order valence-corrected chi connectivity index (χ0v) is 20.8. The van der Waals surface area contributed by atoms with Crippen LogP contribution >= 0.6 is 0 Å². The number of benzene rings is 3. The Morgan fingerprint density at radius 2 is 1.51 bits per heavy atom. The summed E-state index contributed by atoms with van der Waals surface area (Å²) in [5.74, 6) is 0.258. The molecule has 0 aliphatic carbocycles. The smallest absolute Gasteiger partial charge is 0.330 e. The van der Waals surface area contributed by atoms with E-state index in [1.807, 2.05) is 89.8 Å². The maximum Gasteiger partial charge on any atom is 0.330 e. The van der Waals surface area contributed by atoms with Gasteiger partial charge in [-0.15, -0.1) is 0 Å². The fourth-order valence-electron chi connectivity index (χ4n) is 4.05. The molecule has 0 radical (unpaired) electrons. The number of nitrogens with two attached hydrogens (primary N) is 1. The van der Waals surface area contributed by atoms with Crippen LogP contribution in [0.4, 0.5) is 17.2 Å². The van der Waals surface area contributed by atoms with Gasteiger partial charge in [0, 0.05) is 19.3 Å². The Morgan fingerprint density at radius 3 is 2.11 bits per heavy atom. The van der Waals surface area contributed by atoms with Gasteiger partial charge < -0.3 is 20.3 Å². The Hall–Kier alpha value is -4.79. The minimum Gasteiger partial charge on any atom is -0.497 e. The molecule has 1 amide bonds. The highest BCUT2D eigenvalue weighted by atomic mass is 16.5. The number of rotatable bonds is 9. The number of methoxy groups -OCH3 is 1. The summed E-state index contributed by atoms with van der Waals surface area (Å²) in [7, 11) is 3.07. The first-order valence-corrected chi connectivity index (χ1v) is 11.7. The van der Waals surface area contributed by atoms with Gasteiger partial charge in [-0.1, -0.05) is 60.7 Å². The Balaban J connectivity index is 1.63. The molecule has 0 spiro atoms. The molecule has 0 aliphatic rings. The van der Waals surface area contributed by atoms with Gasteiger partial charge in [-0.3, -0.25) is 19.1 Å². The average Bonchev–Trinajstić information content (AvgIpc) is 2.91. The molecule has 0 fully saturated rings. The van der Waals surface area contributed by atoms with Crippen molar-refractivity contribution in [3.63, 3.8) is 0 Å². The Kier molecular flexibility index (Phi) is 7.73. The standard InChI is InChI=1S/C28H29N5O4/c1-31(25-26(29)33(28(36)30-27(25)35)18-21-11-7-4-8-12-21)24(34)19-32(17-20-9-5-3-6-10-20)22-13-15-23(37-2)16-14-22/h3-16H,17-19,29H2,1-2H3,(H,30,35,36). The predicted octanol–water partition coefficient (Wildman–Crippen LogP) is 2.85. The number of hydrogen-bond acceptors (Lipinski definition) is 6. The van der Waals surface area contributed by atoms with Crippen molar-refractivity contribution in [1.82, 2.24) is 9.55 Å². The van der Waals surface area contributed by atoms with Crippen molar-refractivity contribution in [3.05, 3.63) is 117 Å². The number of amides is 1. The first kappa shape index (κ1) is 25.3. The highest BCUT2D eigenvalue weighted by molar-refractivity contribution is 5.97. The summed E-state index contributed by atoms with van der Waals surface area (Å²) in [6.07, 6.45) is 0. The third-order valence-electron chi connectivity index (χ3n) is 6.09. The first-order valence-electron chi connectivity index (χ1n) is 11.7. The molecule has 3 N–H and O–H groups in total. The van der Waals surface area contributed by atoms with Crippen LogP contribution in [0.15, 0.2) is 94.5 Å². The van der Waals surface area contributed by atoms with Crippen molar-refractivity contribution >= 4 is 23.1 Å². The van der Waals surface area contributed by atoms with Crippen LogP contribution in [0.3, 0.4) is 0 Å². The molecular weight excluding hydrogens is 470 g/mol. The number of likely N-dealkylation sites (N-methyl/N-ethyl adjacent to an activating group) is 1. The first-order chi connectivity index (χ1) is 17.9. The molecule has 3 aromatic carbocycles. The number of carbonyl (C=O) groups excluding carboxylic acids is 1. The molecule has 0 saturated carbocycles. The van der Waals surface area contributed by atoms with Gasteiger partial charge in [-0.05, 0) is 35.4 Å². The fraction of sp³-hybridized carbons (Fsp3) is 0.179. The third-order valence-corrected chi connectivity index (χ3v) is 6.09. The molecule has 4 rings (SSSR count). The Labute approximate surface area is 214 Å². The number of nitrogens with zero attached hydrogens (tertiary/aromatic N) is 3. The van der Waals surface area contributed by atoms with Gasteiger partial charge >= 0.3 is 5.69 Å².